The zero-order valence-electron chi connectivity index (χ0n) is 12.2. The molecular weight excluding hydrogens is 329 g/mol. The lowest BCUT2D eigenvalue weighted by Gasteiger charge is -2.10. The number of alkyl halides is 3. The van der Waals surface area contributed by atoms with E-state index < -0.39 is 29.0 Å². The highest BCUT2D eigenvalue weighted by molar-refractivity contribution is 5.88. The summed E-state index contributed by atoms with van der Waals surface area (Å²) in [6, 6.07) is 0.0850. The van der Waals surface area contributed by atoms with Gasteiger partial charge in [0.25, 0.3) is 5.56 Å². The number of urea groups is 1. The van der Waals surface area contributed by atoms with Gasteiger partial charge in [0, 0.05) is 12.2 Å². The highest BCUT2D eigenvalue weighted by atomic mass is 19.4. The fraction of sp³-hybridized carbons (Fsp3) is 0.385. The Morgan fingerprint density at radius 2 is 2.17 bits per heavy atom. The van der Waals surface area contributed by atoms with Crippen molar-refractivity contribution in [3.8, 4) is 0 Å². The molecule has 8 nitrogen and oxygen atoms in total. The van der Waals surface area contributed by atoms with Gasteiger partial charge < -0.3 is 20.2 Å². The maximum Gasteiger partial charge on any atom is 0.417 e. The minimum absolute atomic E-state index is 0.0409. The van der Waals surface area contributed by atoms with Gasteiger partial charge in [0.05, 0.1) is 12.1 Å². The summed E-state index contributed by atoms with van der Waals surface area (Å²) in [7, 11) is 0. The van der Waals surface area contributed by atoms with E-state index in [0.717, 1.165) is 12.8 Å². The number of aromatic amines is 1. The summed E-state index contributed by atoms with van der Waals surface area (Å²) in [5.74, 6) is 0.533. The molecule has 0 saturated heterocycles. The van der Waals surface area contributed by atoms with Crippen LogP contribution in [0.25, 0.3) is 0 Å². The number of rotatable bonds is 4. The minimum Gasteiger partial charge on any atom is -0.331 e. The molecule has 2 amide bonds. The van der Waals surface area contributed by atoms with Crippen LogP contribution in [-0.2, 0) is 12.7 Å². The molecule has 0 aliphatic heterocycles. The Morgan fingerprint density at radius 1 is 1.42 bits per heavy atom. The van der Waals surface area contributed by atoms with Crippen LogP contribution >= 0.6 is 0 Å². The number of carbonyl (C=O) groups is 1. The van der Waals surface area contributed by atoms with Crippen LogP contribution in [0.2, 0.25) is 0 Å². The summed E-state index contributed by atoms with van der Waals surface area (Å²) in [4.78, 5) is 25.3. The van der Waals surface area contributed by atoms with E-state index in [2.05, 4.69) is 20.8 Å². The van der Waals surface area contributed by atoms with Crippen molar-refractivity contribution in [2.24, 2.45) is 0 Å². The van der Waals surface area contributed by atoms with Crippen LogP contribution in [0.5, 0.6) is 0 Å². The molecule has 1 saturated carbocycles. The van der Waals surface area contributed by atoms with Crippen molar-refractivity contribution >= 4 is 11.7 Å². The lowest BCUT2D eigenvalue weighted by atomic mass is 10.2. The normalized spacial score (nSPS) is 14.5. The first kappa shape index (κ1) is 16.0. The molecule has 0 aromatic carbocycles. The van der Waals surface area contributed by atoms with Gasteiger partial charge in [-0.2, -0.15) is 13.2 Å². The molecule has 3 rings (SSSR count). The number of amides is 2. The first-order chi connectivity index (χ1) is 11.3. The zero-order chi connectivity index (χ0) is 17.3. The fourth-order valence-corrected chi connectivity index (χ4v) is 2.12. The molecule has 0 unspecified atom stereocenters. The molecule has 0 atom stereocenters. The number of H-pyrrole nitrogens is 1. The van der Waals surface area contributed by atoms with Crippen LogP contribution < -0.4 is 16.2 Å². The highest BCUT2D eigenvalue weighted by Gasteiger charge is 2.31. The van der Waals surface area contributed by atoms with Gasteiger partial charge in [0.15, 0.2) is 5.82 Å². The van der Waals surface area contributed by atoms with E-state index in [-0.39, 0.29) is 6.54 Å². The third-order valence-corrected chi connectivity index (χ3v) is 3.47. The van der Waals surface area contributed by atoms with Crippen molar-refractivity contribution in [2.75, 3.05) is 5.32 Å². The predicted octanol–water partition coefficient (Wildman–Crippen LogP) is 1.64. The first-order valence-electron chi connectivity index (χ1n) is 7.08. The van der Waals surface area contributed by atoms with E-state index in [4.69, 9.17) is 0 Å². The number of anilines is 1. The summed E-state index contributed by atoms with van der Waals surface area (Å²) < 4.78 is 39.7. The Hall–Kier alpha value is -2.85. The fourth-order valence-electron chi connectivity index (χ4n) is 2.12. The van der Waals surface area contributed by atoms with Crippen LogP contribution in [-0.4, -0.2) is 25.8 Å². The smallest absolute Gasteiger partial charge is 0.331 e. The maximum atomic E-state index is 12.6. The van der Waals surface area contributed by atoms with Crippen LogP contribution in [0.3, 0.4) is 0 Å². The molecule has 0 bridgehead atoms. The SMILES string of the molecule is O=C(NCc1nncn1C1CC1)Nc1cc(C(F)(F)F)c[nH]c1=O. The Labute approximate surface area is 133 Å². The summed E-state index contributed by atoms with van der Waals surface area (Å²) in [5, 5.41) is 12.2. The molecule has 128 valence electrons. The maximum absolute atomic E-state index is 12.6. The second-order valence-electron chi connectivity index (χ2n) is 5.32. The number of nitrogens with one attached hydrogen (secondary N) is 3. The average Bonchev–Trinajstić information content (AvgIpc) is 3.25. The number of carbonyl (C=O) groups excluding carboxylic acids is 1. The molecule has 1 aliphatic rings. The van der Waals surface area contributed by atoms with Crippen molar-refractivity contribution in [1.82, 2.24) is 25.1 Å². The van der Waals surface area contributed by atoms with Crippen molar-refractivity contribution in [1.29, 1.82) is 0 Å². The van der Waals surface area contributed by atoms with Gasteiger partial charge in [-0.05, 0) is 18.9 Å². The van der Waals surface area contributed by atoms with Crippen LogP contribution in [0.1, 0.15) is 30.3 Å². The molecular formula is C13H13F3N6O2. The van der Waals surface area contributed by atoms with Gasteiger partial charge in [-0.25, -0.2) is 4.79 Å². The second kappa shape index (κ2) is 5.98. The molecule has 3 N–H and O–H groups in total. The van der Waals surface area contributed by atoms with E-state index in [9.17, 15) is 22.8 Å². The Kier molecular flexibility index (Phi) is 3.99. The Bertz CT molecular complexity index is 809. The number of hydrogen-bond donors (Lipinski definition) is 3. The van der Waals surface area contributed by atoms with Gasteiger partial charge in [0.2, 0.25) is 0 Å². The standard InChI is InChI=1S/C13H13F3N6O2/c14-13(15,16)7-3-9(11(23)17-4-7)20-12(24)18-5-10-21-19-6-22(10)8-1-2-8/h3-4,6,8H,1-2,5H2,(H,17,23)(H2,18,20,24). The molecule has 1 fully saturated rings. The van der Waals surface area contributed by atoms with Crippen LogP contribution in [0.4, 0.5) is 23.7 Å². The van der Waals surface area contributed by atoms with Gasteiger partial charge in [-0.1, -0.05) is 0 Å². The zero-order valence-corrected chi connectivity index (χ0v) is 12.2. The number of pyridine rings is 1. The van der Waals surface area contributed by atoms with E-state index in [1.165, 1.54) is 0 Å². The third-order valence-electron chi connectivity index (χ3n) is 3.47. The van der Waals surface area contributed by atoms with Crippen molar-refractivity contribution in [3.63, 3.8) is 0 Å². The summed E-state index contributed by atoms with van der Waals surface area (Å²) >= 11 is 0. The molecule has 0 spiro atoms. The first-order valence-corrected chi connectivity index (χ1v) is 7.08. The van der Waals surface area contributed by atoms with Crippen molar-refractivity contribution in [2.45, 2.75) is 31.6 Å². The molecule has 1 aliphatic carbocycles. The number of nitrogens with zero attached hydrogens (tertiary/aromatic N) is 3. The van der Waals surface area contributed by atoms with Crippen molar-refractivity contribution < 1.29 is 18.0 Å². The van der Waals surface area contributed by atoms with E-state index in [1.54, 1.807) is 6.33 Å². The predicted molar refractivity (Wildman–Crippen MR) is 76.2 cm³/mol. The van der Waals surface area contributed by atoms with Gasteiger partial charge in [-0.3, -0.25) is 4.79 Å². The Morgan fingerprint density at radius 3 is 2.83 bits per heavy atom. The molecule has 0 radical (unpaired) electrons. The quantitative estimate of drug-likeness (QED) is 0.785. The molecule has 24 heavy (non-hydrogen) atoms. The summed E-state index contributed by atoms with van der Waals surface area (Å²) in [6.45, 7) is 0.0409. The third kappa shape index (κ3) is 3.55. The second-order valence-corrected chi connectivity index (χ2v) is 5.32. The minimum atomic E-state index is -4.63. The largest absolute Gasteiger partial charge is 0.417 e. The van der Waals surface area contributed by atoms with E-state index in [1.807, 2.05) is 9.55 Å². The summed E-state index contributed by atoms with van der Waals surface area (Å²) in [5.41, 5.74) is -2.39. The molecule has 2 heterocycles. The molecule has 2 aromatic rings. The highest BCUT2D eigenvalue weighted by Crippen LogP contribution is 2.35. The topological polar surface area (TPSA) is 105 Å². The van der Waals surface area contributed by atoms with E-state index >= 15 is 0 Å². The number of aromatic nitrogens is 4. The van der Waals surface area contributed by atoms with Crippen molar-refractivity contribution in [3.05, 3.63) is 40.3 Å². The lowest BCUT2D eigenvalue weighted by molar-refractivity contribution is -0.137. The average molecular weight is 342 g/mol. The number of hydrogen-bond acceptors (Lipinski definition) is 4. The van der Waals surface area contributed by atoms with Gasteiger partial charge in [-0.15, -0.1) is 10.2 Å². The van der Waals surface area contributed by atoms with E-state index in [0.29, 0.717) is 24.1 Å². The van der Waals surface area contributed by atoms with Crippen LogP contribution in [0.15, 0.2) is 23.4 Å². The van der Waals surface area contributed by atoms with Gasteiger partial charge in [0.1, 0.15) is 12.0 Å². The molecule has 11 heteroatoms. The monoisotopic (exact) mass is 342 g/mol. The van der Waals surface area contributed by atoms with Gasteiger partial charge >= 0.3 is 12.2 Å². The molecule has 2 aromatic heterocycles. The summed E-state index contributed by atoms with van der Waals surface area (Å²) in [6.07, 6.45) is -0.501. The van der Waals surface area contributed by atoms with Crippen LogP contribution in [0, 0.1) is 0 Å². The Balaban J connectivity index is 1.64. The lowest BCUT2D eigenvalue weighted by Crippen LogP contribution is -2.32. The number of halogens is 3.